The van der Waals surface area contributed by atoms with Crippen LogP contribution in [0.15, 0.2) is 36.8 Å². The minimum Gasteiger partial charge on any atom is -0.494 e. The maximum Gasteiger partial charge on any atom is 0.387 e. The van der Waals surface area contributed by atoms with Crippen LogP contribution in [0.2, 0.25) is 0 Å². The van der Waals surface area contributed by atoms with Gasteiger partial charge in [-0.3, -0.25) is 4.98 Å². The number of halogens is 3. The van der Waals surface area contributed by atoms with E-state index in [1.54, 1.807) is 6.07 Å². The van der Waals surface area contributed by atoms with Crippen LogP contribution in [0.3, 0.4) is 0 Å². The van der Waals surface area contributed by atoms with Crippen molar-refractivity contribution in [2.45, 2.75) is 13.2 Å². The first-order chi connectivity index (χ1) is 12.1. The predicted octanol–water partition coefficient (Wildman–Crippen LogP) is 3.39. The fraction of sp³-hybridized carbons (Fsp3) is 0.188. The Morgan fingerprint density at radius 1 is 1.16 bits per heavy atom. The summed E-state index contributed by atoms with van der Waals surface area (Å²) in [6.45, 7) is -2.62. The monoisotopic (exact) mass is 350 g/mol. The zero-order valence-corrected chi connectivity index (χ0v) is 13.0. The van der Waals surface area contributed by atoms with E-state index in [1.807, 2.05) is 0 Å². The quantitative estimate of drug-likeness (QED) is 0.735. The second-order valence-electron chi connectivity index (χ2n) is 4.94. The standard InChI is InChI=1S/C16H13F3N4O2/c1-24-14-4-11-13(5-12(14)17)22-8-23-15(11)21-6-9-2-3-10(7-20-9)25-16(18)19/h2-5,7-8,16H,6H2,1H3,(H,21,22,23). The van der Waals surface area contributed by atoms with Crippen LogP contribution in [-0.2, 0) is 6.54 Å². The molecular weight excluding hydrogens is 337 g/mol. The highest BCUT2D eigenvalue weighted by molar-refractivity contribution is 5.90. The largest absolute Gasteiger partial charge is 0.494 e. The molecule has 0 unspecified atom stereocenters. The molecule has 130 valence electrons. The van der Waals surface area contributed by atoms with Crippen LogP contribution in [-0.4, -0.2) is 28.7 Å². The Balaban J connectivity index is 1.79. The van der Waals surface area contributed by atoms with Crippen LogP contribution in [0.1, 0.15) is 5.69 Å². The number of rotatable bonds is 6. The molecule has 0 aliphatic heterocycles. The second-order valence-corrected chi connectivity index (χ2v) is 4.94. The van der Waals surface area contributed by atoms with Crippen LogP contribution < -0.4 is 14.8 Å². The molecule has 1 N–H and O–H groups in total. The van der Waals surface area contributed by atoms with E-state index in [9.17, 15) is 13.2 Å². The molecule has 0 amide bonds. The number of aromatic nitrogens is 3. The van der Waals surface area contributed by atoms with Crippen LogP contribution >= 0.6 is 0 Å². The molecule has 0 saturated carbocycles. The number of benzene rings is 1. The van der Waals surface area contributed by atoms with Crippen molar-refractivity contribution in [1.29, 1.82) is 0 Å². The molecule has 0 spiro atoms. The fourth-order valence-corrected chi connectivity index (χ4v) is 2.22. The van der Waals surface area contributed by atoms with Gasteiger partial charge < -0.3 is 14.8 Å². The van der Waals surface area contributed by atoms with Crippen LogP contribution in [0, 0.1) is 5.82 Å². The SMILES string of the molecule is COc1cc2c(NCc3ccc(OC(F)F)cn3)ncnc2cc1F. The van der Waals surface area contributed by atoms with Gasteiger partial charge in [0.2, 0.25) is 0 Å². The lowest BCUT2D eigenvalue weighted by atomic mass is 10.2. The zero-order valence-electron chi connectivity index (χ0n) is 13.0. The molecule has 2 heterocycles. The lowest BCUT2D eigenvalue weighted by Crippen LogP contribution is -2.06. The number of alkyl halides is 2. The normalized spacial score (nSPS) is 10.9. The Bertz CT molecular complexity index is 875. The van der Waals surface area contributed by atoms with Crippen molar-refractivity contribution in [3.05, 3.63) is 48.3 Å². The Hall–Kier alpha value is -3.10. The van der Waals surface area contributed by atoms with E-state index in [4.69, 9.17) is 4.74 Å². The average molecular weight is 350 g/mol. The van der Waals surface area contributed by atoms with Gasteiger partial charge in [0, 0.05) is 11.5 Å². The zero-order chi connectivity index (χ0) is 17.8. The molecular formula is C16H13F3N4O2. The van der Waals surface area contributed by atoms with E-state index in [0.717, 1.165) is 0 Å². The van der Waals surface area contributed by atoms with Crippen molar-refractivity contribution >= 4 is 16.7 Å². The van der Waals surface area contributed by atoms with E-state index in [0.29, 0.717) is 22.4 Å². The van der Waals surface area contributed by atoms with Crippen molar-refractivity contribution in [3.8, 4) is 11.5 Å². The number of hydrogen-bond donors (Lipinski definition) is 1. The number of anilines is 1. The average Bonchev–Trinajstić information content (AvgIpc) is 2.60. The molecule has 0 fully saturated rings. The summed E-state index contributed by atoms with van der Waals surface area (Å²) in [5.74, 6) is 0.0114. The molecule has 9 heteroatoms. The number of fused-ring (bicyclic) bond motifs is 1. The molecule has 2 aromatic heterocycles. The number of nitrogens with zero attached hydrogens (tertiary/aromatic N) is 3. The molecule has 3 rings (SSSR count). The maximum atomic E-state index is 13.7. The van der Waals surface area contributed by atoms with Gasteiger partial charge in [-0.1, -0.05) is 0 Å². The smallest absolute Gasteiger partial charge is 0.387 e. The molecule has 25 heavy (non-hydrogen) atoms. The van der Waals surface area contributed by atoms with E-state index < -0.39 is 12.4 Å². The third kappa shape index (κ3) is 3.87. The maximum absolute atomic E-state index is 13.7. The highest BCUT2D eigenvalue weighted by Gasteiger charge is 2.10. The minimum absolute atomic E-state index is 0.0218. The summed E-state index contributed by atoms with van der Waals surface area (Å²) < 4.78 is 47.2. The number of methoxy groups -OCH3 is 1. The first-order valence-electron chi connectivity index (χ1n) is 7.18. The van der Waals surface area contributed by atoms with Gasteiger partial charge in [-0.05, 0) is 18.2 Å². The van der Waals surface area contributed by atoms with Crippen molar-refractivity contribution in [2.24, 2.45) is 0 Å². The highest BCUT2D eigenvalue weighted by Crippen LogP contribution is 2.27. The summed E-state index contributed by atoms with van der Waals surface area (Å²) in [6.07, 6.45) is 2.52. The van der Waals surface area contributed by atoms with Gasteiger partial charge >= 0.3 is 6.61 Å². The Labute approximate surface area is 140 Å². The predicted molar refractivity (Wildman–Crippen MR) is 84.2 cm³/mol. The topological polar surface area (TPSA) is 69.2 Å². The van der Waals surface area contributed by atoms with Crippen molar-refractivity contribution in [1.82, 2.24) is 15.0 Å². The molecule has 0 saturated heterocycles. The molecule has 6 nitrogen and oxygen atoms in total. The van der Waals surface area contributed by atoms with Gasteiger partial charge in [0.25, 0.3) is 0 Å². The van der Waals surface area contributed by atoms with E-state index in [1.165, 1.54) is 37.8 Å². The molecule has 3 aromatic rings. The summed E-state index contributed by atoms with van der Waals surface area (Å²) in [4.78, 5) is 12.2. The molecule has 0 aliphatic rings. The van der Waals surface area contributed by atoms with Crippen molar-refractivity contribution in [2.75, 3.05) is 12.4 Å². The fourth-order valence-electron chi connectivity index (χ4n) is 2.22. The lowest BCUT2D eigenvalue weighted by molar-refractivity contribution is -0.0500. The van der Waals surface area contributed by atoms with Gasteiger partial charge in [-0.25, -0.2) is 14.4 Å². The highest BCUT2D eigenvalue weighted by atomic mass is 19.3. The summed E-state index contributed by atoms with van der Waals surface area (Å²) in [6, 6.07) is 5.71. The van der Waals surface area contributed by atoms with Crippen molar-refractivity contribution in [3.63, 3.8) is 0 Å². The molecule has 0 radical (unpaired) electrons. The first kappa shape index (κ1) is 16.7. The molecule has 0 aliphatic carbocycles. The Morgan fingerprint density at radius 2 is 2.00 bits per heavy atom. The lowest BCUT2D eigenvalue weighted by Gasteiger charge is -2.10. The van der Waals surface area contributed by atoms with E-state index in [-0.39, 0.29) is 18.0 Å². The molecule has 1 aromatic carbocycles. The van der Waals surface area contributed by atoms with Gasteiger partial charge in [0.05, 0.1) is 31.1 Å². The Kier molecular flexibility index (Phi) is 4.82. The summed E-state index contributed by atoms with van der Waals surface area (Å²) in [5, 5.41) is 3.64. The summed E-state index contributed by atoms with van der Waals surface area (Å²) >= 11 is 0. The second kappa shape index (κ2) is 7.20. The number of pyridine rings is 1. The number of ether oxygens (including phenoxy) is 2. The van der Waals surface area contributed by atoms with Gasteiger partial charge in [-0.2, -0.15) is 8.78 Å². The third-order valence-corrected chi connectivity index (χ3v) is 3.37. The van der Waals surface area contributed by atoms with E-state index >= 15 is 0 Å². The summed E-state index contributed by atoms with van der Waals surface area (Å²) in [7, 11) is 1.37. The van der Waals surface area contributed by atoms with Crippen LogP contribution in [0.5, 0.6) is 11.5 Å². The molecule has 0 bridgehead atoms. The minimum atomic E-state index is -2.89. The van der Waals surface area contributed by atoms with Crippen LogP contribution in [0.4, 0.5) is 19.0 Å². The first-order valence-corrected chi connectivity index (χ1v) is 7.18. The van der Waals surface area contributed by atoms with Gasteiger partial charge in [0.15, 0.2) is 11.6 Å². The number of hydrogen-bond acceptors (Lipinski definition) is 6. The van der Waals surface area contributed by atoms with Crippen molar-refractivity contribution < 1.29 is 22.6 Å². The third-order valence-electron chi connectivity index (χ3n) is 3.37. The van der Waals surface area contributed by atoms with E-state index in [2.05, 4.69) is 25.0 Å². The van der Waals surface area contributed by atoms with Gasteiger partial charge in [-0.15, -0.1) is 0 Å². The molecule has 0 atom stereocenters. The number of nitrogens with one attached hydrogen (secondary N) is 1. The van der Waals surface area contributed by atoms with Crippen LogP contribution in [0.25, 0.3) is 10.9 Å². The van der Waals surface area contributed by atoms with Gasteiger partial charge in [0.1, 0.15) is 17.9 Å². The summed E-state index contributed by atoms with van der Waals surface area (Å²) in [5.41, 5.74) is 1.01. The Morgan fingerprint density at radius 3 is 2.68 bits per heavy atom.